The number of hydrogen-bond acceptors (Lipinski definition) is 6. The van der Waals surface area contributed by atoms with E-state index in [4.69, 9.17) is 27.8 Å². The summed E-state index contributed by atoms with van der Waals surface area (Å²) in [6.45, 7) is 15.1. The lowest BCUT2D eigenvalue weighted by atomic mass is 10.3. The van der Waals surface area contributed by atoms with Gasteiger partial charge in [0, 0.05) is 19.6 Å². The molecule has 1 saturated heterocycles. The van der Waals surface area contributed by atoms with E-state index >= 15 is 0 Å². The highest BCUT2D eigenvalue weighted by Crippen LogP contribution is 2.29. The van der Waals surface area contributed by atoms with Crippen molar-refractivity contribution in [3.63, 3.8) is 0 Å². The van der Waals surface area contributed by atoms with Crippen LogP contribution >= 0.6 is 0 Å². The van der Waals surface area contributed by atoms with Gasteiger partial charge >= 0.3 is 8.56 Å². The van der Waals surface area contributed by atoms with E-state index in [2.05, 4.69) is 27.3 Å². The molecule has 1 aliphatic rings. The molecule has 6 nitrogen and oxygen atoms in total. The summed E-state index contributed by atoms with van der Waals surface area (Å²) < 4.78 is 36.5. The minimum absolute atomic E-state index is 0.108. The maximum atomic E-state index is 6.37. The Morgan fingerprint density at radius 2 is 1.50 bits per heavy atom. The van der Waals surface area contributed by atoms with Gasteiger partial charge in [-0.3, -0.25) is 4.74 Å². The zero-order valence-corrected chi connectivity index (χ0v) is 18.7. The van der Waals surface area contributed by atoms with Crippen molar-refractivity contribution in [1.82, 2.24) is 0 Å². The quantitative estimate of drug-likeness (QED) is 0.320. The molecule has 26 heavy (non-hydrogen) atoms. The first-order valence-corrected chi connectivity index (χ1v) is 12.8. The van der Waals surface area contributed by atoms with Crippen molar-refractivity contribution in [2.75, 3.05) is 26.4 Å². The highest BCUT2D eigenvalue weighted by Gasteiger charge is 2.44. The van der Waals surface area contributed by atoms with Crippen LogP contribution in [0.25, 0.3) is 0 Å². The Balaban J connectivity index is 2.81. The fourth-order valence-corrected chi connectivity index (χ4v) is 5.74. The molecule has 0 aromatic carbocycles. The predicted molar refractivity (Wildman–Crippen MR) is 104 cm³/mol. The summed E-state index contributed by atoms with van der Waals surface area (Å²) in [5, 5.41) is 0. The predicted octanol–water partition coefficient (Wildman–Crippen LogP) is 4.50. The van der Waals surface area contributed by atoms with E-state index in [0.717, 1.165) is 25.7 Å². The van der Waals surface area contributed by atoms with Crippen molar-refractivity contribution in [3.05, 3.63) is 0 Å². The molecule has 1 heterocycles. The van der Waals surface area contributed by atoms with Crippen LogP contribution in [0.4, 0.5) is 0 Å². The molecule has 0 amide bonds. The fourth-order valence-electron chi connectivity index (χ4n) is 2.93. The lowest BCUT2D eigenvalue weighted by Crippen LogP contribution is -2.55. The van der Waals surface area contributed by atoms with Gasteiger partial charge in [-0.2, -0.15) is 0 Å². The molecule has 0 radical (unpaired) electrons. The molecule has 7 heteroatoms. The standard InChI is InChI=1S/C19H40O6Si/c1-7-13-22-26(6,23-14-8-2)18(10-4)24-17(9-3)25-19(11-5)20-15-12-16-21-19/h17-18H,7-16H2,1-6H3. The molecule has 2 atom stereocenters. The third kappa shape index (κ3) is 7.18. The van der Waals surface area contributed by atoms with Gasteiger partial charge in [0.05, 0.1) is 13.2 Å². The molecular formula is C19H40O6Si. The number of rotatable bonds is 14. The maximum absolute atomic E-state index is 6.37. The zero-order chi connectivity index (χ0) is 19.5. The van der Waals surface area contributed by atoms with Crippen molar-refractivity contribution >= 4 is 8.56 Å². The van der Waals surface area contributed by atoms with E-state index in [-0.39, 0.29) is 5.73 Å². The van der Waals surface area contributed by atoms with Crippen molar-refractivity contribution in [2.45, 2.75) is 97.7 Å². The Labute approximate surface area is 161 Å². The molecule has 0 aromatic heterocycles. The van der Waals surface area contributed by atoms with Gasteiger partial charge < -0.3 is 23.1 Å². The fraction of sp³-hybridized carbons (Fsp3) is 1.00. The van der Waals surface area contributed by atoms with Crippen LogP contribution in [0, 0.1) is 0 Å². The van der Waals surface area contributed by atoms with Gasteiger partial charge in [-0.05, 0) is 38.7 Å². The minimum Gasteiger partial charge on any atom is -0.393 e. The van der Waals surface area contributed by atoms with Crippen LogP contribution in [0.15, 0.2) is 0 Å². The monoisotopic (exact) mass is 392 g/mol. The van der Waals surface area contributed by atoms with Crippen LogP contribution in [0.1, 0.15) is 73.1 Å². The molecular weight excluding hydrogens is 352 g/mol. The van der Waals surface area contributed by atoms with Crippen molar-refractivity contribution < 1.29 is 27.8 Å². The van der Waals surface area contributed by atoms with Gasteiger partial charge in [-0.1, -0.05) is 34.6 Å². The number of hydrogen-bond donors (Lipinski definition) is 0. The summed E-state index contributed by atoms with van der Waals surface area (Å²) in [5.74, 6) is -0.996. The van der Waals surface area contributed by atoms with Crippen LogP contribution in [0.3, 0.4) is 0 Å². The third-order valence-electron chi connectivity index (χ3n) is 4.47. The molecule has 0 saturated carbocycles. The summed E-state index contributed by atoms with van der Waals surface area (Å²) in [6, 6.07) is 0. The highest BCUT2D eigenvalue weighted by molar-refractivity contribution is 6.67. The Bertz CT molecular complexity index is 354. The van der Waals surface area contributed by atoms with Gasteiger partial charge in [0.1, 0.15) is 5.73 Å². The molecule has 0 bridgehead atoms. The normalized spacial score (nSPS) is 20.1. The molecule has 0 aliphatic carbocycles. The molecule has 1 aliphatic heterocycles. The van der Waals surface area contributed by atoms with Gasteiger partial charge in [0.2, 0.25) is 0 Å². The highest BCUT2D eigenvalue weighted by atomic mass is 28.4. The summed E-state index contributed by atoms with van der Waals surface area (Å²) in [6.07, 6.45) is 4.54. The minimum atomic E-state index is -2.48. The first-order valence-electron chi connectivity index (χ1n) is 10.4. The second-order valence-electron chi connectivity index (χ2n) is 6.79. The molecule has 1 fully saturated rings. The average molecular weight is 393 g/mol. The Morgan fingerprint density at radius 3 is 1.92 bits per heavy atom. The molecule has 2 unspecified atom stereocenters. The maximum Gasteiger partial charge on any atom is 0.364 e. The summed E-state index contributed by atoms with van der Waals surface area (Å²) in [4.78, 5) is 0. The van der Waals surface area contributed by atoms with Gasteiger partial charge in [0.25, 0.3) is 5.97 Å². The Hall–Kier alpha value is -0.0231. The van der Waals surface area contributed by atoms with E-state index < -0.39 is 20.8 Å². The summed E-state index contributed by atoms with van der Waals surface area (Å²) in [5.41, 5.74) is -0.108. The second-order valence-corrected chi connectivity index (χ2v) is 10.0. The lowest BCUT2D eigenvalue weighted by molar-refractivity contribution is -0.436. The van der Waals surface area contributed by atoms with Crippen molar-refractivity contribution in [2.24, 2.45) is 0 Å². The van der Waals surface area contributed by atoms with E-state index in [1.54, 1.807) is 0 Å². The molecule has 0 N–H and O–H groups in total. The van der Waals surface area contributed by atoms with Crippen LogP contribution in [0.2, 0.25) is 6.55 Å². The topological polar surface area (TPSA) is 55.4 Å². The third-order valence-corrected chi connectivity index (χ3v) is 7.74. The van der Waals surface area contributed by atoms with Crippen molar-refractivity contribution in [1.29, 1.82) is 0 Å². The second kappa shape index (κ2) is 12.4. The summed E-state index contributed by atoms with van der Waals surface area (Å²) >= 11 is 0. The smallest absolute Gasteiger partial charge is 0.364 e. The van der Waals surface area contributed by atoms with Crippen molar-refractivity contribution in [3.8, 4) is 0 Å². The van der Waals surface area contributed by atoms with Crippen LogP contribution in [-0.4, -0.2) is 53.0 Å². The summed E-state index contributed by atoms with van der Waals surface area (Å²) in [7, 11) is -2.48. The molecule has 0 spiro atoms. The van der Waals surface area contributed by atoms with E-state index in [0.29, 0.717) is 39.3 Å². The Kier molecular flexibility index (Phi) is 11.5. The lowest BCUT2D eigenvalue weighted by Gasteiger charge is -2.40. The molecule has 1 rings (SSSR count). The number of ether oxygens (including phenoxy) is 4. The van der Waals surface area contributed by atoms with Crippen LogP contribution in [-0.2, 0) is 27.8 Å². The van der Waals surface area contributed by atoms with E-state index in [9.17, 15) is 0 Å². The SMILES string of the molecule is CCCO[Si](C)(OCCC)C(CC)OC(CC)OC1(CC)OCCCO1. The molecule has 156 valence electrons. The van der Waals surface area contributed by atoms with Gasteiger partial charge in [-0.15, -0.1) is 0 Å². The van der Waals surface area contributed by atoms with E-state index in [1.807, 2.05) is 13.8 Å². The Morgan fingerprint density at radius 1 is 0.923 bits per heavy atom. The first-order chi connectivity index (χ1) is 12.5. The zero-order valence-electron chi connectivity index (χ0n) is 17.7. The average Bonchev–Trinajstić information content (AvgIpc) is 2.68. The first kappa shape index (κ1) is 24.0. The van der Waals surface area contributed by atoms with Gasteiger partial charge in [0.15, 0.2) is 6.29 Å². The largest absolute Gasteiger partial charge is 0.393 e. The van der Waals surface area contributed by atoms with Crippen LogP contribution in [0.5, 0.6) is 0 Å². The van der Waals surface area contributed by atoms with Gasteiger partial charge in [-0.25, -0.2) is 0 Å². The van der Waals surface area contributed by atoms with E-state index in [1.165, 1.54) is 0 Å². The van der Waals surface area contributed by atoms with Crippen LogP contribution < -0.4 is 0 Å². The molecule has 0 aromatic rings.